The standard InChI is InChI=1S/C15H26N2O2/c1-12-10-15(14(18)19,11-17(12)13-6-7-13)16-8-4-2-3-5-9-16/h12-13H,2-11H2,1H3,(H,18,19). The number of carboxylic acids is 1. The van der Waals surface area contributed by atoms with Gasteiger partial charge in [-0.3, -0.25) is 14.6 Å². The van der Waals surface area contributed by atoms with Gasteiger partial charge in [0, 0.05) is 18.6 Å². The lowest BCUT2D eigenvalue weighted by atomic mass is 9.93. The van der Waals surface area contributed by atoms with Crippen molar-refractivity contribution in [2.45, 2.75) is 69.5 Å². The summed E-state index contributed by atoms with van der Waals surface area (Å²) in [5.74, 6) is -0.593. The third-order valence-corrected chi connectivity index (χ3v) is 5.27. The third kappa shape index (κ3) is 2.40. The predicted octanol–water partition coefficient (Wildman–Crippen LogP) is 1.94. The maximum absolute atomic E-state index is 12.0. The lowest BCUT2D eigenvalue weighted by Crippen LogP contribution is -2.56. The molecule has 0 aromatic heterocycles. The molecule has 3 rings (SSSR count). The molecule has 0 radical (unpaired) electrons. The minimum Gasteiger partial charge on any atom is -0.480 e. The number of aliphatic carboxylic acids is 1. The average molecular weight is 266 g/mol. The molecule has 19 heavy (non-hydrogen) atoms. The first-order chi connectivity index (χ1) is 9.13. The van der Waals surface area contributed by atoms with Gasteiger partial charge in [-0.15, -0.1) is 0 Å². The van der Waals surface area contributed by atoms with Crippen LogP contribution in [-0.2, 0) is 4.79 Å². The van der Waals surface area contributed by atoms with Gasteiger partial charge in [-0.1, -0.05) is 12.8 Å². The molecule has 2 heterocycles. The van der Waals surface area contributed by atoms with Crippen molar-refractivity contribution >= 4 is 5.97 Å². The SMILES string of the molecule is CC1CC(C(=O)O)(N2CCCCCC2)CN1C1CC1. The van der Waals surface area contributed by atoms with Crippen molar-refractivity contribution in [2.24, 2.45) is 0 Å². The normalized spacial score (nSPS) is 38.3. The Morgan fingerprint density at radius 1 is 1.16 bits per heavy atom. The largest absolute Gasteiger partial charge is 0.480 e. The Labute approximate surface area is 115 Å². The van der Waals surface area contributed by atoms with Gasteiger partial charge >= 0.3 is 5.97 Å². The van der Waals surface area contributed by atoms with Crippen LogP contribution >= 0.6 is 0 Å². The fourth-order valence-electron chi connectivity index (χ4n) is 4.04. The molecule has 2 saturated heterocycles. The van der Waals surface area contributed by atoms with Crippen LogP contribution in [0.15, 0.2) is 0 Å². The summed E-state index contributed by atoms with van der Waals surface area (Å²) in [4.78, 5) is 16.8. The van der Waals surface area contributed by atoms with Crippen LogP contribution in [0.4, 0.5) is 0 Å². The van der Waals surface area contributed by atoms with Crippen LogP contribution in [0, 0.1) is 0 Å². The lowest BCUT2D eigenvalue weighted by Gasteiger charge is -2.37. The third-order valence-electron chi connectivity index (χ3n) is 5.27. The van der Waals surface area contributed by atoms with E-state index < -0.39 is 11.5 Å². The lowest BCUT2D eigenvalue weighted by molar-refractivity contribution is -0.151. The molecule has 1 aliphatic carbocycles. The van der Waals surface area contributed by atoms with Gasteiger partial charge in [0.15, 0.2) is 0 Å². The molecule has 0 amide bonds. The van der Waals surface area contributed by atoms with Gasteiger partial charge in [0.05, 0.1) is 0 Å². The van der Waals surface area contributed by atoms with E-state index in [1.165, 1.54) is 25.7 Å². The smallest absolute Gasteiger partial charge is 0.325 e. The Balaban J connectivity index is 1.80. The zero-order valence-corrected chi connectivity index (χ0v) is 12.0. The predicted molar refractivity (Wildman–Crippen MR) is 74.2 cm³/mol. The second-order valence-electron chi connectivity index (χ2n) is 6.69. The van der Waals surface area contributed by atoms with Gasteiger partial charge in [-0.2, -0.15) is 0 Å². The number of likely N-dealkylation sites (tertiary alicyclic amines) is 2. The summed E-state index contributed by atoms with van der Waals surface area (Å²) in [6, 6.07) is 1.09. The zero-order valence-electron chi connectivity index (χ0n) is 12.0. The first kappa shape index (κ1) is 13.4. The fourth-order valence-corrected chi connectivity index (χ4v) is 4.04. The minimum atomic E-state index is -0.605. The summed E-state index contributed by atoms with van der Waals surface area (Å²) in [6.07, 6.45) is 8.17. The van der Waals surface area contributed by atoms with E-state index in [9.17, 15) is 9.90 Å². The second kappa shape index (κ2) is 5.06. The van der Waals surface area contributed by atoms with Gasteiger partial charge in [-0.25, -0.2) is 0 Å². The number of hydrogen-bond acceptors (Lipinski definition) is 3. The van der Waals surface area contributed by atoms with E-state index in [0.717, 1.165) is 38.9 Å². The summed E-state index contributed by atoms with van der Waals surface area (Å²) in [5, 5.41) is 9.88. The average Bonchev–Trinajstić information content (AvgIpc) is 3.18. The molecule has 4 heteroatoms. The van der Waals surface area contributed by atoms with E-state index in [4.69, 9.17) is 0 Å². The van der Waals surface area contributed by atoms with Crippen LogP contribution in [0.3, 0.4) is 0 Å². The first-order valence-corrected chi connectivity index (χ1v) is 7.88. The molecule has 3 fully saturated rings. The first-order valence-electron chi connectivity index (χ1n) is 7.88. The van der Waals surface area contributed by atoms with Crippen molar-refractivity contribution in [1.29, 1.82) is 0 Å². The van der Waals surface area contributed by atoms with Crippen LogP contribution in [-0.4, -0.2) is 58.1 Å². The molecule has 1 saturated carbocycles. The highest BCUT2D eigenvalue weighted by molar-refractivity contribution is 5.80. The number of nitrogens with zero attached hydrogens (tertiary/aromatic N) is 2. The molecule has 0 spiro atoms. The molecular formula is C15H26N2O2. The van der Waals surface area contributed by atoms with Crippen molar-refractivity contribution in [3.63, 3.8) is 0 Å². The number of carbonyl (C=O) groups is 1. The maximum Gasteiger partial charge on any atom is 0.325 e. The van der Waals surface area contributed by atoms with Crippen molar-refractivity contribution < 1.29 is 9.90 Å². The molecule has 108 valence electrons. The van der Waals surface area contributed by atoms with E-state index in [1.54, 1.807) is 0 Å². The molecule has 2 aliphatic heterocycles. The van der Waals surface area contributed by atoms with Gasteiger partial charge < -0.3 is 5.11 Å². The summed E-state index contributed by atoms with van der Waals surface area (Å²) in [7, 11) is 0. The quantitative estimate of drug-likeness (QED) is 0.848. The number of rotatable bonds is 3. The highest BCUT2D eigenvalue weighted by atomic mass is 16.4. The van der Waals surface area contributed by atoms with Gasteiger partial charge in [0.1, 0.15) is 5.54 Å². The second-order valence-corrected chi connectivity index (χ2v) is 6.69. The van der Waals surface area contributed by atoms with Crippen molar-refractivity contribution in [2.75, 3.05) is 19.6 Å². The number of carboxylic acid groups (broad SMARTS) is 1. The Morgan fingerprint density at radius 2 is 1.79 bits per heavy atom. The summed E-state index contributed by atoms with van der Waals surface area (Å²) < 4.78 is 0. The van der Waals surface area contributed by atoms with Crippen molar-refractivity contribution in [3.8, 4) is 0 Å². The van der Waals surface area contributed by atoms with Crippen LogP contribution in [0.2, 0.25) is 0 Å². The van der Waals surface area contributed by atoms with Crippen molar-refractivity contribution in [3.05, 3.63) is 0 Å². The fraction of sp³-hybridized carbons (Fsp3) is 0.933. The Bertz CT molecular complexity index is 348. The van der Waals surface area contributed by atoms with Gasteiger partial charge in [0.2, 0.25) is 0 Å². The van der Waals surface area contributed by atoms with Crippen LogP contribution in [0.25, 0.3) is 0 Å². The van der Waals surface area contributed by atoms with E-state index in [-0.39, 0.29) is 0 Å². The van der Waals surface area contributed by atoms with Crippen molar-refractivity contribution in [1.82, 2.24) is 9.80 Å². The number of hydrogen-bond donors (Lipinski definition) is 1. The zero-order chi connectivity index (χ0) is 13.5. The summed E-state index contributed by atoms with van der Waals surface area (Å²) >= 11 is 0. The van der Waals surface area contributed by atoms with E-state index in [1.807, 2.05) is 0 Å². The minimum absolute atomic E-state index is 0.423. The highest BCUT2D eigenvalue weighted by Gasteiger charge is 2.54. The molecule has 2 atom stereocenters. The molecule has 0 aromatic rings. The Kier molecular flexibility index (Phi) is 3.56. The monoisotopic (exact) mass is 266 g/mol. The van der Waals surface area contributed by atoms with Gasteiger partial charge in [0.25, 0.3) is 0 Å². The van der Waals surface area contributed by atoms with E-state index in [2.05, 4.69) is 16.7 Å². The Hall–Kier alpha value is -0.610. The van der Waals surface area contributed by atoms with Crippen LogP contribution in [0.1, 0.15) is 51.9 Å². The molecule has 0 bridgehead atoms. The topological polar surface area (TPSA) is 43.8 Å². The van der Waals surface area contributed by atoms with Crippen LogP contribution in [0.5, 0.6) is 0 Å². The summed E-state index contributed by atoms with van der Waals surface area (Å²) in [5.41, 5.74) is -0.605. The van der Waals surface area contributed by atoms with Gasteiger partial charge in [-0.05, 0) is 52.1 Å². The van der Waals surface area contributed by atoms with E-state index >= 15 is 0 Å². The molecule has 2 unspecified atom stereocenters. The highest BCUT2D eigenvalue weighted by Crippen LogP contribution is 2.40. The summed E-state index contributed by atoms with van der Waals surface area (Å²) in [6.45, 7) is 4.89. The maximum atomic E-state index is 12.0. The molecule has 0 aromatic carbocycles. The molecular weight excluding hydrogens is 240 g/mol. The van der Waals surface area contributed by atoms with Crippen LogP contribution < -0.4 is 0 Å². The molecule has 4 nitrogen and oxygen atoms in total. The Morgan fingerprint density at radius 3 is 2.32 bits per heavy atom. The molecule has 1 N–H and O–H groups in total. The molecule has 3 aliphatic rings. The van der Waals surface area contributed by atoms with E-state index in [0.29, 0.717) is 12.1 Å².